The second-order valence-corrected chi connectivity index (χ2v) is 4.73. The molecule has 0 saturated heterocycles. The molecular formula is C16H14N4O3. The van der Waals surface area contributed by atoms with Gasteiger partial charge in [0.2, 0.25) is 5.91 Å². The van der Waals surface area contributed by atoms with E-state index in [0.717, 1.165) is 0 Å². The van der Waals surface area contributed by atoms with Crippen LogP contribution < -0.4 is 4.74 Å². The molecule has 0 unspecified atom stereocenters. The Hall–Kier alpha value is -3.32. The Labute approximate surface area is 133 Å². The summed E-state index contributed by atoms with van der Waals surface area (Å²) in [5.74, 6) is -0.0401. The van der Waals surface area contributed by atoms with E-state index in [4.69, 9.17) is 15.3 Å². The molecule has 7 nitrogen and oxygen atoms in total. The van der Waals surface area contributed by atoms with Gasteiger partial charge in [-0.25, -0.2) is 4.98 Å². The molecule has 2 rings (SSSR count). The van der Waals surface area contributed by atoms with Crippen LogP contribution in [0, 0.1) is 22.7 Å². The molecular weight excluding hydrogens is 296 g/mol. The van der Waals surface area contributed by atoms with Gasteiger partial charge in [-0.2, -0.15) is 10.5 Å². The fourth-order valence-electron chi connectivity index (χ4n) is 2.01. The van der Waals surface area contributed by atoms with E-state index in [-0.39, 0.29) is 28.5 Å². The Kier molecular flexibility index (Phi) is 5.32. The number of phenols is 1. The highest BCUT2D eigenvalue weighted by molar-refractivity contribution is 5.78. The summed E-state index contributed by atoms with van der Waals surface area (Å²) >= 11 is 0. The molecule has 23 heavy (non-hydrogen) atoms. The summed E-state index contributed by atoms with van der Waals surface area (Å²) in [6.07, 6.45) is 6.21. The Balaban J connectivity index is 1.84. The second-order valence-electron chi connectivity index (χ2n) is 4.73. The van der Waals surface area contributed by atoms with Gasteiger partial charge < -0.3 is 9.84 Å². The lowest BCUT2D eigenvalue weighted by Gasteiger charge is -2.09. The van der Waals surface area contributed by atoms with Crippen molar-refractivity contribution in [2.24, 2.45) is 0 Å². The van der Waals surface area contributed by atoms with Crippen molar-refractivity contribution in [2.45, 2.75) is 19.3 Å². The SMILES string of the molecule is N#Cc1c(O)ccc(OCCCCC(=O)n2ccnc2)c1C#N. The zero-order valence-corrected chi connectivity index (χ0v) is 12.3. The second kappa shape index (κ2) is 7.62. The standard InChI is InChI=1S/C16H14N4O3/c17-9-12-13(10-18)15(5-4-14(12)21)23-8-2-1-3-16(22)20-7-6-19-11-20/h4-7,11,21H,1-3,8H2. The number of rotatable bonds is 6. The number of phenolic OH excluding ortho intramolecular Hbond substituents is 1. The molecule has 2 aromatic rings. The van der Waals surface area contributed by atoms with Gasteiger partial charge in [-0.15, -0.1) is 0 Å². The van der Waals surface area contributed by atoms with Crippen molar-refractivity contribution in [3.63, 3.8) is 0 Å². The number of benzene rings is 1. The number of hydrogen-bond acceptors (Lipinski definition) is 6. The lowest BCUT2D eigenvalue weighted by molar-refractivity contribution is 0.0897. The summed E-state index contributed by atoms with van der Waals surface area (Å²) in [6, 6.07) is 6.41. The van der Waals surface area contributed by atoms with Crippen LogP contribution in [0.5, 0.6) is 11.5 Å². The third-order valence-electron chi connectivity index (χ3n) is 3.20. The van der Waals surface area contributed by atoms with E-state index in [1.54, 1.807) is 18.5 Å². The fraction of sp³-hybridized carbons (Fsp3) is 0.250. The highest BCUT2D eigenvalue weighted by atomic mass is 16.5. The number of aromatic nitrogens is 2. The summed E-state index contributed by atoms with van der Waals surface area (Å²) < 4.78 is 6.91. The number of ether oxygens (including phenoxy) is 1. The molecule has 0 aliphatic heterocycles. The summed E-state index contributed by atoms with van der Waals surface area (Å²) in [5, 5.41) is 27.6. The molecule has 1 N–H and O–H groups in total. The minimum Gasteiger partial charge on any atom is -0.507 e. The zero-order chi connectivity index (χ0) is 16.7. The molecule has 7 heteroatoms. The molecule has 0 bridgehead atoms. The lowest BCUT2D eigenvalue weighted by atomic mass is 10.1. The molecule has 0 aliphatic carbocycles. The normalized spacial score (nSPS) is 9.83. The Morgan fingerprint density at radius 2 is 2.04 bits per heavy atom. The van der Waals surface area contributed by atoms with Gasteiger partial charge in [0, 0.05) is 18.8 Å². The van der Waals surface area contributed by atoms with Crippen LogP contribution in [-0.4, -0.2) is 27.2 Å². The first-order chi connectivity index (χ1) is 11.2. The van der Waals surface area contributed by atoms with Crippen LogP contribution in [0.2, 0.25) is 0 Å². The highest BCUT2D eigenvalue weighted by Crippen LogP contribution is 2.28. The summed E-state index contributed by atoms with van der Waals surface area (Å²) in [4.78, 5) is 15.5. The van der Waals surface area contributed by atoms with E-state index in [1.165, 1.54) is 23.0 Å². The number of imidazole rings is 1. The maximum Gasteiger partial charge on any atom is 0.231 e. The summed E-state index contributed by atoms with van der Waals surface area (Å²) in [5.41, 5.74) is -0.0812. The van der Waals surface area contributed by atoms with Gasteiger partial charge in [-0.05, 0) is 25.0 Å². The van der Waals surface area contributed by atoms with E-state index in [2.05, 4.69) is 4.98 Å². The van der Waals surface area contributed by atoms with Gasteiger partial charge >= 0.3 is 0 Å². The first kappa shape index (κ1) is 16.1. The van der Waals surface area contributed by atoms with Crippen LogP contribution in [0.3, 0.4) is 0 Å². The van der Waals surface area contributed by atoms with Crippen LogP contribution in [0.15, 0.2) is 30.9 Å². The Bertz CT molecular complexity index is 770. The van der Waals surface area contributed by atoms with E-state index >= 15 is 0 Å². The van der Waals surface area contributed by atoms with Crippen molar-refractivity contribution in [1.29, 1.82) is 10.5 Å². The molecule has 0 saturated carbocycles. The molecule has 0 aliphatic rings. The monoisotopic (exact) mass is 310 g/mol. The Morgan fingerprint density at radius 1 is 1.26 bits per heavy atom. The van der Waals surface area contributed by atoms with Gasteiger partial charge in [0.15, 0.2) is 0 Å². The van der Waals surface area contributed by atoms with Gasteiger partial charge in [0.1, 0.15) is 41.1 Å². The van der Waals surface area contributed by atoms with Crippen molar-refractivity contribution in [3.05, 3.63) is 42.0 Å². The molecule has 1 aromatic carbocycles. The molecule has 0 atom stereocenters. The third-order valence-corrected chi connectivity index (χ3v) is 3.20. The fourth-order valence-corrected chi connectivity index (χ4v) is 2.01. The van der Waals surface area contributed by atoms with E-state index < -0.39 is 0 Å². The van der Waals surface area contributed by atoms with Crippen LogP contribution in [-0.2, 0) is 0 Å². The third kappa shape index (κ3) is 3.86. The van der Waals surface area contributed by atoms with Crippen LogP contribution in [0.4, 0.5) is 0 Å². The van der Waals surface area contributed by atoms with Crippen LogP contribution in [0.1, 0.15) is 35.2 Å². The predicted molar refractivity (Wildman–Crippen MR) is 79.7 cm³/mol. The number of nitrogens with zero attached hydrogens (tertiary/aromatic N) is 4. The summed E-state index contributed by atoms with van der Waals surface area (Å²) in [7, 11) is 0. The number of aromatic hydroxyl groups is 1. The van der Waals surface area contributed by atoms with Gasteiger partial charge in [0.25, 0.3) is 0 Å². The van der Waals surface area contributed by atoms with Gasteiger partial charge in [-0.3, -0.25) is 9.36 Å². The molecule has 1 aromatic heterocycles. The van der Waals surface area contributed by atoms with Crippen LogP contribution in [0.25, 0.3) is 0 Å². The number of hydrogen-bond donors (Lipinski definition) is 1. The van der Waals surface area contributed by atoms with Crippen molar-refractivity contribution >= 4 is 5.91 Å². The Morgan fingerprint density at radius 3 is 2.70 bits per heavy atom. The van der Waals surface area contributed by atoms with Crippen molar-refractivity contribution in [1.82, 2.24) is 9.55 Å². The maximum absolute atomic E-state index is 11.7. The van der Waals surface area contributed by atoms with Gasteiger partial charge in [-0.1, -0.05) is 0 Å². The highest BCUT2D eigenvalue weighted by Gasteiger charge is 2.13. The lowest BCUT2D eigenvalue weighted by Crippen LogP contribution is -2.08. The zero-order valence-electron chi connectivity index (χ0n) is 12.3. The van der Waals surface area contributed by atoms with Crippen LogP contribution >= 0.6 is 0 Å². The molecule has 0 radical (unpaired) electrons. The van der Waals surface area contributed by atoms with Crippen molar-refractivity contribution in [2.75, 3.05) is 6.61 Å². The van der Waals surface area contributed by atoms with Crippen molar-refractivity contribution < 1.29 is 14.6 Å². The average molecular weight is 310 g/mol. The number of carbonyl (C=O) groups is 1. The molecule has 0 fully saturated rings. The molecule has 0 spiro atoms. The molecule has 116 valence electrons. The predicted octanol–water partition coefficient (Wildman–Crippen LogP) is 2.22. The first-order valence-corrected chi connectivity index (χ1v) is 6.97. The minimum atomic E-state index is -0.248. The number of nitriles is 2. The smallest absolute Gasteiger partial charge is 0.231 e. The maximum atomic E-state index is 11.7. The first-order valence-electron chi connectivity index (χ1n) is 6.97. The quantitative estimate of drug-likeness (QED) is 0.819. The largest absolute Gasteiger partial charge is 0.507 e. The average Bonchev–Trinajstić information content (AvgIpc) is 3.09. The van der Waals surface area contributed by atoms with Crippen molar-refractivity contribution in [3.8, 4) is 23.6 Å². The van der Waals surface area contributed by atoms with E-state index in [9.17, 15) is 9.90 Å². The van der Waals surface area contributed by atoms with E-state index in [0.29, 0.717) is 25.9 Å². The van der Waals surface area contributed by atoms with E-state index in [1.807, 2.05) is 6.07 Å². The number of unbranched alkanes of at least 4 members (excludes halogenated alkanes) is 1. The topological polar surface area (TPSA) is 112 Å². The molecule has 1 heterocycles. The van der Waals surface area contributed by atoms with Gasteiger partial charge in [0.05, 0.1) is 6.61 Å². The molecule has 0 amide bonds. The summed E-state index contributed by atoms with van der Waals surface area (Å²) in [6.45, 7) is 0.307. The number of carbonyl (C=O) groups excluding carboxylic acids is 1. The minimum absolute atomic E-state index is 0.0157.